The molecule has 0 saturated heterocycles. The van der Waals surface area contributed by atoms with Crippen LogP contribution in [-0.4, -0.2) is 15.8 Å². The highest BCUT2D eigenvalue weighted by molar-refractivity contribution is 7.00. The van der Waals surface area contributed by atoms with Gasteiger partial charge in [0.2, 0.25) is 0 Å². The molecule has 0 radical (unpaired) electrons. The van der Waals surface area contributed by atoms with E-state index in [0.29, 0.717) is 0 Å². The average molecular weight is 983 g/mol. The Hall–Kier alpha value is -9.84. The van der Waals surface area contributed by atoms with Crippen LogP contribution in [0.3, 0.4) is 0 Å². The zero-order chi connectivity index (χ0) is 51.1. The third-order valence-electron chi connectivity index (χ3n) is 16.0. The van der Waals surface area contributed by atoms with Crippen LogP contribution in [0, 0.1) is 13.8 Å². The van der Waals surface area contributed by atoms with Gasteiger partial charge >= 0.3 is 0 Å². The first-order valence-electron chi connectivity index (χ1n) is 26.7. The van der Waals surface area contributed by atoms with Crippen molar-refractivity contribution in [2.24, 2.45) is 0 Å². The van der Waals surface area contributed by atoms with Gasteiger partial charge in [-0.05, 0) is 137 Å². The Morgan fingerprint density at radius 3 is 1.04 bits per heavy atom. The van der Waals surface area contributed by atoms with Gasteiger partial charge in [0, 0.05) is 67.4 Å². The molecule has 15 rings (SSSR count). The molecule has 77 heavy (non-hydrogen) atoms. The summed E-state index contributed by atoms with van der Waals surface area (Å²) in [7, 11) is 0. The van der Waals surface area contributed by atoms with Gasteiger partial charge in [-0.15, -0.1) is 0 Å². The molecule has 0 spiro atoms. The summed E-state index contributed by atoms with van der Waals surface area (Å²) in [6.07, 6.45) is 0. The first kappa shape index (κ1) is 44.6. The van der Waals surface area contributed by atoms with E-state index in [1.807, 2.05) is 0 Å². The van der Waals surface area contributed by atoms with Gasteiger partial charge in [0.25, 0.3) is 6.71 Å². The zero-order valence-electron chi connectivity index (χ0n) is 42.8. The Kier molecular flexibility index (Phi) is 10.4. The molecule has 0 amide bonds. The Bertz CT molecular complexity index is 4120. The largest absolute Gasteiger partial charge is 0.311 e. The van der Waals surface area contributed by atoms with E-state index >= 15 is 0 Å². The van der Waals surface area contributed by atoms with E-state index < -0.39 is 0 Å². The van der Waals surface area contributed by atoms with Crippen LogP contribution in [0.5, 0.6) is 0 Å². The maximum atomic E-state index is 2.51. The highest BCUT2D eigenvalue weighted by Gasteiger charge is 2.44. The lowest BCUT2D eigenvalue weighted by molar-refractivity contribution is 1.13. The summed E-state index contributed by atoms with van der Waals surface area (Å²) < 4.78 is 5.02. The number of anilines is 6. The van der Waals surface area contributed by atoms with Crippen LogP contribution < -0.4 is 26.2 Å². The van der Waals surface area contributed by atoms with Crippen LogP contribution in [0.1, 0.15) is 11.1 Å². The van der Waals surface area contributed by atoms with Gasteiger partial charge in [0.15, 0.2) is 0 Å². The van der Waals surface area contributed by atoms with Crippen LogP contribution in [0.25, 0.3) is 77.9 Å². The third kappa shape index (κ3) is 7.08. The molecule has 4 heterocycles. The van der Waals surface area contributed by atoms with Crippen molar-refractivity contribution >= 4 is 79.0 Å². The van der Waals surface area contributed by atoms with Gasteiger partial charge in [0.1, 0.15) is 0 Å². The van der Waals surface area contributed by atoms with Gasteiger partial charge in [0.05, 0.1) is 22.4 Å². The number of hydrogen-bond donors (Lipinski definition) is 0. The molecule has 0 aliphatic carbocycles. The smallest absolute Gasteiger partial charge is 0.252 e. The van der Waals surface area contributed by atoms with Crippen molar-refractivity contribution < 1.29 is 0 Å². The summed E-state index contributed by atoms with van der Waals surface area (Å²) in [5.74, 6) is 0. The van der Waals surface area contributed by atoms with Crippen molar-refractivity contribution in [3.8, 4) is 56.1 Å². The quantitative estimate of drug-likeness (QED) is 0.141. The number of benzene rings is 11. The molecule has 0 unspecified atom stereocenters. The van der Waals surface area contributed by atoms with Gasteiger partial charge in [-0.3, -0.25) is 0 Å². The summed E-state index contributed by atoms with van der Waals surface area (Å²) in [6, 6.07) is 101. The molecule has 0 saturated carbocycles. The molecule has 13 aromatic rings. The monoisotopic (exact) mass is 982 g/mol. The summed E-state index contributed by atoms with van der Waals surface area (Å²) >= 11 is 0. The second-order valence-electron chi connectivity index (χ2n) is 20.6. The third-order valence-corrected chi connectivity index (χ3v) is 16.0. The van der Waals surface area contributed by atoms with Crippen LogP contribution in [0.4, 0.5) is 34.1 Å². The second-order valence-corrected chi connectivity index (χ2v) is 20.6. The van der Waals surface area contributed by atoms with Crippen molar-refractivity contribution in [1.29, 1.82) is 0 Å². The molecule has 0 atom stereocenters. The number of nitrogens with zero attached hydrogens (tertiary/aromatic N) is 4. The molecule has 0 bridgehead atoms. The van der Waals surface area contributed by atoms with Crippen LogP contribution in [0.15, 0.2) is 273 Å². The molecule has 4 nitrogen and oxygen atoms in total. The van der Waals surface area contributed by atoms with Crippen molar-refractivity contribution in [2.75, 3.05) is 9.80 Å². The summed E-state index contributed by atoms with van der Waals surface area (Å²) in [5.41, 5.74) is 27.3. The average Bonchev–Trinajstić information content (AvgIpc) is 4.10. The lowest BCUT2D eigenvalue weighted by atomic mass is 9.33. The second kappa shape index (κ2) is 17.9. The van der Waals surface area contributed by atoms with E-state index in [2.05, 4.69) is 306 Å². The van der Waals surface area contributed by atoms with Crippen LogP contribution >= 0.6 is 0 Å². The number of fused-ring (bicyclic) bond motifs is 6. The van der Waals surface area contributed by atoms with Gasteiger partial charge < -0.3 is 18.9 Å². The molecular weight excluding hydrogens is 932 g/mol. The highest BCUT2D eigenvalue weighted by atomic mass is 15.2. The van der Waals surface area contributed by atoms with Crippen LogP contribution in [-0.2, 0) is 0 Å². The predicted molar refractivity (Wildman–Crippen MR) is 325 cm³/mol. The lowest BCUT2D eigenvalue weighted by Crippen LogP contribution is -2.61. The van der Waals surface area contributed by atoms with E-state index in [1.165, 1.54) is 105 Å². The summed E-state index contributed by atoms with van der Waals surface area (Å²) in [6.45, 7) is 4.32. The fourth-order valence-electron chi connectivity index (χ4n) is 12.8. The molecule has 0 N–H and O–H groups in total. The zero-order valence-corrected chi connectivity index (χ0v) is 42.8. The van der Waals surface area contributed by atoms with Crippen molar-refractivity contribution in [2.45, 2.75) is 13.8 Å². The first-order valence-corrected chi connectivity index (χ1v) is 26.7. The van der Waals surface area contributed by atoms with Gasteiger partial charge in [-0.2, -0.15) is 0 Å². The molecule has 2 aromatic heterocycles. The fraction of sp³-hybridized carbons (Fsp3) is 0.0278. The lowest BCUT2D eigenvalue weighted by Gasteiger charge is -2.44. The van der Waals surface area contributed by atoms with Crippen molar-refractivity contribution in [1.82, 2.24) is 9.13 Å². The standard InChI is InChI=1S/C72H51BN4/c1-48-36-42-62-58(44-48)68(50-22-9-3-10-23-50)71(52-26-13-5-14-27-52)76(62)56-38-40-60-66(46-56)74(54-30-17-7-18-31-54)64-34-21-35-65-70(64)73(60)61-41-39-57(47-67(61)75(65)55-32-19-8-20-33-55)77-63-43-37-49(2)45-59(63)69(51-24-11-4-12-25-51)72(77)53-28-15-6-16-29-53/h3-47H,1-2H3. The predicted octanol–water partition coefficient (Wildman–Crippen LogP) is 16.9. The number of para-hydroxylation sites is 2. The van der Waals surface area contributed by atoms with Crippen molar-refractivity contribution in [3.05, 3.63) is 284 Å². The maximum Gasteiger partial charge on any atom is 0.252 e. The molecule has 0 fully saturated rings. The van der Waals surface area contributed by atoms with Gasteiger partial charge in [-0.1, -0.05) is 199 Å². The minimum absolute atomic E-state index is 0.0794. The Balaban J connectivity index is 1.01. The number of aryl methyl sites for hydroxylation is 2. The molecule has 362 valence electrons. The summed E-state index contributed by atoms with van der Waals surface area (Å²) in [4.78, 5) is 5.02. The minimum Gasteiger partial charge on any atom is -0.311 e. The molecule has 2 aliphatic heterocycles. The first-order chi connectivity index (χ1) is 38.1. The van der Waals surface area contributed by atoms with Crippen molar-refractivity contribution in [3.63, 3.8) is 0 Å². The number of rotatable bonds is 8. The molecule has 5 heteroatoms. The SMILES string of the molecule is Cc1ccc2c(c1)c(-c1ccccc1)c(-c1ccccc1)n2-c1ccc2c(c1)N(c1ccccc1)c1cccc3c1B2c1ccc(-n2c(-c4ccccc4)c(-c4ccccc4)c4cc(C)ccc42)cc1N3c1ccccc1. The van der Waals surface area contributed by atoms with Crippen LogP contribution in [0.2, 0.25) is 0 Å². The van der Waals surface area contributed by atoms with E-state index in [1.54, 1.807) is 0 Å². The van der Waals surface area contributed by atoms with E-state index in [-0.39, 0.29) is 6.71 Å². The van der Waals surface area contributed by atoms with E-state index in [4.69, 9.17) is 0 Å². The Morgan fingerprint density at radius 2 is 0.649 bits per heavy atom. The molecular formula is C72H51BN4. The van der Waals surface area contributed by atoms with Gasteiger partial charge in [-0.25, -0.2) is 0 Å². The molecule has 11 aromatic carbocycles. The van der Waals surface area contributed by atoms with E-state index in [0.717, 1.165) is 34.1 Å². The molecule has 2 aliphatic rings. The van der Waals surface area contributed by atoms with E-state index in [9.17, 15) is 0 Å². The Labute approximate surface area is 449 Å². The topological polar surface area (TPSA) is 16.3 Å². The minimum atomic E-state index is -0.0794. The fourth-order valence-corrected chi connectivity index (χ4v) is 12.8. The number of aromatic nitrogens is 2. The summed E-state index contributed by atoms with van der Waals surface area (Å²) in [5, 5.41) is 2.47. The normalized spacial score (nSPS) is 12.5. The Morgan fingerprint density at radius 1 is 0.286 bits per heavy atom. The maximum absolute atomic E-state index is 2.51. The highest BCUT2D eigenvalue weighted by Crippen LogP contribution is 2.49. The number of hydrogen-bond acceptors (Lipinski definition) is 2.